The second-order valence-corrected chi connectivity index (χ2v) is 8.73. The third kappa shape index (κ3) is 4.46. The number of likely N-dealkylation sites (tertiary alicyclic amines) is 1. The number of piperidine rings is 1. The minimum Gasteiger partial charge on any atom is -0.388 e. The molecule has 0 saturated carbocycles. The number of hydrogen-bond acceptors (Lipinski definition) is 5. The van der Waals surface area contributed by atoms with Crippen LogP contribution in [-0.4, -0.2) is 48.0 Å². The van der Waals surface area contributed by atoms with Crippen molar-refractivity contribution in [2.75, 3.05) is 13.1 Å². The van der Waals surface area contributed by atoms with Crippen LogP contribution < -0.4 is 5.56 Å². The van der Waals surface area contributed by atoms with E-state index in [-0.39, 0.29) is 17.9 Å². The van der Waals surface area contributed by atoms with E-state index in [2.05, 4.69) is 10.1 Å². The summed E-state index contributed by atoms with van der Waals surface area (Å²) in [6.07, 6.45) is 3.58. The first-order chi connectivity index (χ1) is 16.3. The van der Waals surface area contributed by atoms with E-state index in [1.54, 1.807) is 12.1 Å². The van der Waals surface area contributed by atoms with Crippen molar-refractivity contribution < 1.29 is 18.3 Å². The molecule has 1 fully saturated rings. The maximum atomic E-state index is 13.5. The maximum Gasteiger partial charge on any atom is 0.264 e. The van der Waals surface area contributed by atoms with E-state index < -0.39 is 17.2 Å². The quantitative estimate of drug-likeness (QED) is 0.486. The first-order valence-corrected chi connectivity index (χ1v) is 10.9. The lowest BCUT2D eigenvalue weighted by atomic mass is 9.91. The van der Waals surface area contributed by atoms with Crippen LogP contribution in [0.4, 0.5) is 13.2 Å². The van der Waals surface area contributed by atoms with Crippen molar-refractivity contribution >= 4 is 11.0 Å². The Hall–Kier alpha value is -3.50. The zero-order valence-electron chi connectivity index (χ0n) is 18.2. The number of halogens is 3. The molecule has 0 aliphatic carbocycles. The lowest BCUT2D eigenvalue weighted by Crippen LogP contribution is -2.47. The molecule has 5 rings (SSSR count). The fourth-order valence-corrected chi connectivity index (χ4v) is 4.40. The summed E-state index contributed by atoms with van der Waals surface area (Å²) < 4.78 is 43.0. The molecule has 1 N–H and O–H groups in total. The van der Waals surface area contributed by atoms with Crippen molar-refractivity contribution in [3.05, 3.63) is 88.4 Å². The molecule has 0 bridgehead atoms. The van der Waals surface area contributed by atoms with E-state index in [1.807, 2.05) is 4.90 Å². The van der Waals surface area contributed by atoms with E-state index in [0.717, 1.165) is 6.07 Å². The van der Waals surface area contributed by atoms with Gasteiger partial charge in [-0.2, -0.15) is 5.10 Å². The lowest BCUT2D eigenvalue weighted by Gasteiger charge is -2.38. The molecule has 34 heavy (non-hydrogen) atoms. The fourth-order valence-electron chi connectivity index (χ4n) is 4.40. The molecule has 1 saturated heterocycles. The zero-order chi connectivity index (χ0) is 23.9. The highest BCUT2D eigenvalue weighted by molar-refractivity contribution is 5.74. The predicted octanol–water partition coefficient (Wildman–Crippen LogP) is 3.03. The van der Waals surface area contributed by atoms with Crippen LogP contribution in [0.1, 0.15) is 18.4 Å². The van der Waals surface area contributed by atoms with Gasteiger partial charge in [0.25, 0.3) is 5.56 Å². The standard InChI is InChI=1S/C24H22F3N5O2/c25-17-1-3-20(4-2-17)32-22-21(12-29-32)23(33)31(15-28-22)14-24(34)5-7-30(8-6-24)13-16-9-18(26)11-19(27)10-16/h1-4,9-12,15,34H,5-8,13-14H2. The van der Waals surface area contributed by atoms with E-state index in [0.29, 0.717) is 54.8 Å². The Bertz CT molecular complexity index is 1370. The van der Waals surface area contributed by atoms with Gasteiger partial charge in [0.15, 0.2) is 5.65 Å². The van der Waals surface area contributed by atoms with Crippen molar-refractivity contribution in [2.45, 2.75) is 31.5 Å². The van der Waals surface area contributed by atoms with Crippen molar-refractivity contribution in [1.29, 1.82) is 0 Å². The van der Waals surface area contributed by atoms with Gasteiger partial charge >= 0.3 is 0 Å². The third-order valence-electron chi connectivity index (χ3n) is 6.21. The number of fused-ring (bicyclic) bond motifs is 1. The van der Waals surface area contributed by atoms with Crippen LogP contribution in [0.25, 0.3) is 16.7 Å². The van der Waals surface area contributed by atoms with Crippen molar-refractivity contribution in [3.8, 4) is 5.69 Å². The number of rotatable bonds is 5. The smallest absolute Gasteiger partial charge is 0.264 e. The van der Waals surface area contributed by atoms with Crippen molar-refractivity contribution in [2.24, 2.45) is 0 Å². The number of benzene rings is 2. The summed E-state index contributed by atoms with van der Waals surface area (Å²) in [5.41, 5.74) is 0.00850. The van der Waals surface area contributed by atoms with Gasteiger partial charge in [-0.15, -0.1) is 0 Å². The molecule has 3 heterocycles. The van der Waals surface area contributed by atoms with Gasteiger partial charge in [-0.1, -0.05) is 0 Å². The number of hydrogen-bond donors (Lipinski definition) is 1. The van der Waals surface area contributed by atoms with Gasteiger partial charge in [0.1, 0.15) is 29.2 Å². The van der Waals surface area contributed by atoms with E-state index >= 15 is 0 Å². The molecule has 1 aliphatic heterocycles. The van der Waals surface area contributed by atoms with Crippen LogP contribution in [0.2, 0.25) is 0 Å². The SMILES string of the molecule is O=c1c2cnn(-c3ccc(F)cc3)c2ncn1CC1(O)CCN(Cc2cc(F)cc(F)c2)CC1. The molecular weight excluding hydrogens is 447 g/mol. The molecule has 2 aromatic heterocycles. The Labute approximate surface area is 192 Å². The molecule has 0 atom stereocenters. The van der Waals surface area contributed by atoms with Crippen LogP contribution in [0.3, 0.4) is 0 Å². The van der Waals surface area contributed by atoms with E-state index in [1.165, 1.54) is 46.0 Å². The highest BCUT2D eigenvalue weighted by Crippen LogP contribution is 2.25. The number of nitrogens with zero attached hydrogens (tertiary/aromatic N) is 5. The third-order valence-corrected chi connectivity index (χ3v) is 6.21. The highest BCUT2D eigenvalue weighted by Gasteiger charge is 2.33. The van der Waals surface area contributed by atoms with Gasteiger partial charge in [-0.25, -0.2) is 22.8 Å². The Balaban J connectivity index is 1.30. The molecular formula is C24H22F3N5O2. The zero-order valence-corrected chi connectivity index (χ0v) is 18.2. The summed E-state index contributed by atoms with van der Waals surface area (Å²) in [5, 5.41) is 15.6. The summed E-state index contributed by atoms with van der Waals surface area (Å²) in [6, 6.07) is 9.14. The normalized spacial score (nSPS) is 16.2. The minimum atomic E-state index is -1.12. The molecule has 0 amide bonds. The molecule has 0 unspecified atom stereocenters. The van der Waals surface area contributed by atoms with Gasteiger partial charge in [0.05, 0.1) is 24.0 Å². The highest BCUT2D eigenvalue weighted by atomic mass is 19.1. The van der Waals surface area contributed by atoms with Crippen LogP contribution in [0.15, 0.2) is 59.8 Å². The van der Waals surface area contributed by atoms with Crippen LogP contribution in [0.5, 0.6) is 0 Å². The van der Waals surface area contributed by atoms with Gasteiger partial charge in [-0.3, -0.25) is 14.3 Å². The number of aromatic nitrogens is 4. The van der Waals surface area contributed by atoms with Crippen molar-refractivity contribution in [1.82, 2.24) is 24.2 Å². The first kappa shape index (κ1) is 22.3. The Morgan fingerprint density at radius 3 is 2.32 bits per heavy atom. The molecule has 1 aliphatic rings. The Morgan fingerprint density at radius 1 is 0.971 bits per heavy atom. The van der Waals surface area contributed by atoms with Gasteiger partial charge in [0.2, 0.25) is 0 Å². The second-order valence-electron chi connectivity index (χ2n) is 8.73. The summed E-state index contributed by atoms with van der Waals surface area (Å²) in [5.74, 6) is -1.61. The summed E-state index contributed by atoms with van der Waals surface area (Å²) >= 11 is 0. The van der Waals surface area contributed by atoms with E-state index in [9.17, 15) is 23.1 Å². The average molecular weight is 469 g/mol. The van der Waals surface area contributed by atoms with Gasteiger partial charge in [0, 0.05) is 25.7 Å². The van der Waals surface area contributed by atoms with Crippen molar-refractivity contribution in [3.63, 3.8) is 0 Å². The monoisotopic (exact) mass is 469 g/mol. The molecule has 0 radical (unpaired) electrons. The molecule has 10 heteroatoms. The van der Waals surface area contributed by atoms with Gasteiger partial charge < -0.3 is 5.11 Å². The Morgan fingerprint density at radius 2 is 1.65 bits per heavy atom. The van der Waals surface area contributed by atoms with Crippen LogP contribution >= 0.6 is 0 Å². The van der Waals surface area contributed by atoms with Gasteiger partial charge in [-0.05, 0) is 54.8 Å². The Kier molecular flexibility index (Phi) is 5.70. The largest absolute Gasteiger partial charge is 0.388 e. The minimum absolute atomic E-state index is 0.0684. The lowest BCUT2D eigenvalue weighted by molar-refractivity contribution is -0.0365. The van der Waals surface area contributed by atoms with Crippen LogP contribution in [0, 0.1) is 17.5 Å². The predicted molar refractivity (Wildman–Crippen MR) is 119 cm³/mol. The summed E-state index contributed by atoms with van der Waals surface area (Å²) in [4.78, 5) is 19.4. The molecule has 2 aromatic carbocycles. The van der Waals surface area contributed by atoms with Crippen LogP contribution in [-0.2, 0) is 13.1 Å². The molecule has 176 valence electrons. The average Bonchev–Trinajstić information content (AvgIpc) is 3.22. The molecule has 0 spiro atoms. The fraction of sp³-hybridized carbons (Fsp3) is 0.292. The number of aliphatic hydroxyl groups is 1. The maximum absolute atomic E-state index is 13.5. The summed E-state index contributed by atoms with van der Waals surface area (Å²) in [7, 11) is 0. The topological polar surface area (TPSA) is 76.2 Å². The molecule has 4 aromatic rings. The second kappa shape index (κ2) is 8.69. The first-order valence-electron chi connectivity index (χ1n) is 10.9. The molecule has 7 nitrogen and oxygen atoms in total. The van der Waals surface area contributed by atoms with E-state index in [4.69, 9.17) is 0 Å². The summed E-state index contributed by atoms with van der Waals surface area (Å²) in [6.45, 7) is 1.48.